The normalized spacial score (nSPS) is 18.7. The van der Waals surface area contributed by atoms with Gasteiger partial charge < -0.3 is 10.6 Å². The maximum Gasteiger partial charge on any atom is 0.255 e. The van der Waals surface area contributed by atoms with E-state index in [0.717, 1.165) is 16.8 Å². The molecule has 0 spiro atoms. The number of hydrogen-bond acceptors (Lipinski definition) is 4. The fourth-order valence-corrected chi connectivity index (χ4v) is 4.55. The molecule has 1 aliphatic rings. The molecule has 2 N–H and O–H groups in total. The van der Waals surface area contributed by atoms with Crippen LogP contribution in [0.4, 0.5) is 11.4 Å². The van der Waals surface area contributed by atoms with Crippen molar-refractivity contribution in [2.75, 3.05) is 22.1 Å². The van der Waals surface area contributed by atoms with Crippen molar-refractivity contribution in [1.29, 1.82) is 0 Å². The quantitative estimate of drug-likeness (QED) is 0.880. The van der Waals surface area contributed by atoms with E-state index in [-0.39, 0.29) is 23.5 Å². The largest absolute Gasteiger partial charge is 0.381 e. The number of aryl methyl sites for hydroxylation is 2. The molecular formula is C19H22N2O3S. The first-order valence-corrected chi connectivity index (χ1v) is 10.1. The average Bonchev–Trinajstić information content (AvgIpc) is 2.90. The van der Waals surface area contributed by atoms with Crippen molar-refractivity contribution in [3.63, 3.8) is 0 Å². The fourth-order valence-electron chi connectivity index (χ4n) is 2.88. The Balaban J connectivity index is 1.62. The number of amides is 1. The molecule has 1 atom stereocenters. The van der Waals surface area contributed by atoms with Crippen molar-refractivity contribution in [3.8, 4) is 0 Å². The van der Waals surface area contributed by atoms with Crippen LogP contribution >= 0.6 is 0 Å². The molecule has 6 heteroatoms. The van der Waals surface area contributed by atoms with Crippen LogP contribution in [-0.4, -0.2) is 31.9 Å². The first-order valence-electron chi connectivity index (χ1n) is 8.28. The summed E-state index contributed by atoms with van der Waals surface area (Å²) in [4.78, 5) is 12.3. The van der Waals surface area contributed by atoms with Gasteiger partial charge in [0.2, 0.25) is 0 Å². The molecule has 1 heterocycles. The van der Waals surface area contributed by atoms with Gasteiger partial charge in [-0.15, -0.1) is 0 Å². The minimum Gasteiger partial charge on any atom is -0.381 e. The first kappa shape index (κ1) is 17.5. The third-order valence-electron chi connectivity index (χ3n) is 4.52. The predicted octanol–water partition coefficient (Wildman–Crippen LogP) is 3.15. The predicted molar refractivity (Wildman–Crippen MR) is 101 cm³/mol. The molecule has 1 saturated heterocycles. The summed E-state index contributed by atoms with van der Waals surface area (Å²) in [5.41, 5.74) is 4.42. The van der Waals surface area contributed by atoms with Crippen molar-refractivity contribution in [1.82, 2.24) is 0 Å². The number of carbonyl (C=O) groups excluding carboxylic acids is 1. The van der Waals surface area contributed by atoms with Crippen molar-refractivity contribution < 1.29 is 13.2 Å². The Labute approximate surface area is 148 Å². The lowest BCUT2D eigenvalue weighted by molar-refractivity contribution is 0.102. The minimum atomic E-state index is -2.90. The zero-order valence-corrected chi connectivity index (χ0v) is 15.2. The molecule has 2 aromatic carbocycles. The highest BCUT2D eigenvalue weighted by Crippen LogP contribution is 2.20. The van der Waals surface area contributed by atoms with Crippen LogP contribution in [-0.2, 0) is 9.84 Å². The van der Waals surface area contributed by atoms with Crippen LogP contribution < -0.4 is 10.6 Å². The van der Waals surface area contributed by atoms with Crippen LogP contribution in [0.15, 0.2) is 42.5 Å². The van der Waals surface area contributed by atoms with Gasteiger partial charge in [0.25, 0.3) is 5.91 Å². The van der Waals surface area contributed by atoms with E-state index in [1.807, 2.05) is 56.3 Å². The second-order valence-corrected chi connectivity index (χ2v) is 8.80. The SMILES string of the molecule is Cc1ccc(C(=O)Nc2ccc(NC3CCS(=O)(=O)C3)cc2)cc1C. The van der Waals surface area contributed by atoms with Gasteiger partial charge in [-0.05, 0) is 67.8 Å². The van der Waals surface area contributed by atoms with E-state index < -0.39 is 9.84 Å². The molecule has 5 nitrogen and oxygen atoms in total. The van der Waals surface area contributed by atoms with Crippen molar-refractivity contribution >= 4 is 27.1 Å². The molecule has 0 bridgehead atoms. The molecule has 3 rings (SSSR count). The summed E-state index contributed by atoms with van der Waals surface area (Å²) in [6.07, 6.45) is 0.633. The topological polar surface area (TPSA) is 75.3 Å². The van der Waals surface area contributed by atoms with Crippen LogP contribution in [0, 0.1) is 13.8 Å². The van der Waals surface area contributed by atoms with Gasteiger partial charge in [-0.1, -0.05) is 6.07 Å². The van der Waals surface area contributed by atoms with Crippen LogP contribution in [0.5, 0.6) is 0 Å². The monoisotopic (exact) mass is 358 g/mol. The van der Waals surface area contributed by atoms with Gasteiger partial charge in [0.05, 0.1) is 11.5 Å². The third kappa shape index (κ3) is 4.39. The van der Waals surface area contributed by atoms with Gasteiger partial charge in [0.15, 0.2) is 9.84 Å². The van der Waals surface area contributed by atoms with E-state index in [1.54, 1.807) is 0 Å². The van der Waals surface area contributed by atoms with Crippen molar-refractivity contribution in [3.05, 3.63) is 59.2 Å². The van der Waals surface area contributed by atoms with Crippen LogP contribution in [0.25, 0.3) is 0 Å². The molecule has 0 saturated carbocycles. The summed E-state index contributed by atoms with van der Waals surface area (Å²) in [6.45, 7) is 3.99. The summed E-state index contributed by atoms with van der Waals surface area (Å²) >= 11 is 0. The Hall–Kier alpha value is -2.34. The Morgan fingerprint density at radius 3 is 2.28 bits per heavy atom. The van der Waals surface area contributed by atoms with Gasteiger partial charge in [0.1, 0.15) is 0 Å². The van der Waals surface area contributed by atoms with Gasteiger partial charge in [-0.3, -0.25) is 4.79 Å². The van der Waals surface area contributed by atoms with E-state index in [4.69, 9.17) is 0 Å². The third-order valence-corrected chi connectivity index (χ3v) is 6.28. The van der Waals surface area contributed by atoms with Crippen molar-refractivity contribution in [2.24, 2.45) is 0 Å². The lowest BCUT2D eigenvalue weighted by Crippen LogP contribution is -2.20. The highest BCUT2D eigenvalue weighted by molar-refractivity contribution is 7.91. The molecule has 1 unspecified atom stereocenters. The molecule has 1 aliphatic heterocycles. The van der Waals surface area contributed by atoms with Crippen molar-refractivity contribution in [2.45, 2.75) is 26.3 Å². The summed E-state index contributed by atoms with van der Waals surface area (Å²) in [5, 5.41) is 6.11. The minimum absolute atomic E-state index is 0.0408. The Morgan fingerprint density at radius 1 is 1.00 bits per heavy atom. The highest BCUT2D eigenvalue weighted by atomic mass is 32.2. The molecular weight excluding hydrogens is 336 g/mol. The molecule has 132 valence electrons. The zero-order chi connectivity index (χ0) is 18.0. The van der Waals surface area contributed by atoms with E-state index in [0.29, 0.717) is 17.7 Å². The van der Waals surface area contributed by atoms with Gasteiger partial charge >= 0.3 is 0 Å². The standard InChI is InChI=1S/C19H22N2O3S/c1-13-3-4-15(11-14(13)2)19(22)21-17-7-5-16(6-8-17)20-18-9-10-25(23,24)12-18/h3-8,11,18,20H,9-10,12H2,1-2H3,(H,21,22). The number of hydrogen-bond donors (Lipinski definition) is 2. The smallest absolute Gasteiger partial charge is 0.255 e. The molecule has 1 amide bonds. The Morgan fingerprint density at radius 2 is 1.68 bits per heavy atom. The number of benzene rings is 2. The summed E-state index contributed by atoms with van der Waals surface area (Å²) in [6, 6.07) is 12.9. The Bertz CT molecular complexity index is 889. The van der Waals surface area contributed by atoms with E-state index in [2.05, 4.69) is 10.6 Å². The Kier molecular flexibility index (Phi) is 4.81. The van der Waals surface area contributed by atoms with Gasteiger partial charge in [-0.25, -0.2) is 8.42 Å². The molecule has 0 aliphatic carbocycles. The second-order valence-electron chi connectivity index (χ2n) is 6.57. The molecule has 2 aromatic rings. The molecule has 1 fully saturated rings. The zero-order valence-electron chi connectivity index (χ0n) is 14.4. The van der Waals surface area contributed by atoms with Gasteiger partial charge in [-0.2, -0.15) is 0 Å². The number of anilines is 2. The summed E-state index contributed by atoms with van der Waals surface area (Å²) in [7, 11) is -2.90. The average molecular weight is 358 g/mol. The fraction of sp³-hybridized carbons (Fsp3) is 0.316. The van der Waals surface area contributed by atoms with E-state index >= 15 is 0 Å². The van der Waals surface area contributed by atoms with Gasteiger partial charge in [0, 0.05) is 23.0 Å². The summed E-state index contributed by atoms with van der Waals surface area (Å²) < 4.78 is 23.0. The lowest BCUT2D eigenvalue weighted by atomic mass is 10.1. The van der Waals surface area contributed by atoms with Crippen LogP contribution in [0.2, 0.25) is 0 Å². The number of nitrogens with one attached hydrogen (secondary N) is 2. The number of rotatable bonds is 4. The maximum absolute atomic E-state index is 12.3. The van der Waals surface area contributed by atoms with Crippen LogP contribution in [0.3, 0.4) is 0 Å². The number of carbonyl (C=O) groups is 1. The maximum atomic E-state index is 12.3. The highest BCUT2D eigenvalue weighted by Gasteiger charge is 2.27. The lowest BCUT2D eigenvalue weighted by Gasteiger charge is -2.13. The molecule has 0 aromatic heterocycles. The van der Waals surface area contributed by atoms with E-state index in [9.17, 15) is 13.2 Å². The first-order chi connectivity index (χ1) is 11.8. The van der Waals surface area contributed by atoms with E-state index in [1.165, 1.54) is 0 Å². The molecule has 25 heavy (non-hydrogen) atoms. The second kappa shape index (κ2) is 6.88. The number of sulfone groups is 1. The molecule has 0 radical (unpaired) electrons. The van der Waals surface area contributed by atoms with Crippen LogP contribution in [0.1, 0.15) is 27.9 Å². The summed E-state index contributed by atoms with van der Waals surface area (Å²) in [5.74, 6) is 0.276.